The SMILES string of the molecule is [2H]c1c([2H])c([2H])c(-c2ccc(N(c3ccc(-c4ccccc4)cc3)c3ccc(-c4ccc(-c5ccc6c(c5)C(c5ccccc5)(c5ccccc5)c5ccccc5-6)cc4)s3)cc2)c([2H])c1[2H]. The third kappa shape index (κ3) is 6.50. The molecule has 288 valence electrons. The third-order valence-corrected chi connectivity index (χ3v) is 13.0. The fraction of sp³-hybridized carbons (Fsp3) is 0.0169. The Bertz CT molecular complexity index is 3320. The fourth-order valence-electron chi connectivity index (χ4n) is 9.06. The maximum atomic E-state index is 8.57. The highest BCUT2D eigenvalue weighted by atomic mass is 32.1. The molecular formula is C59H41NS. The van der Waals surface area contributed by atoms with E-state index in [-0.39, 0.29) is 29.7 Å². The van der Waals surface area contributed by atoms with E-state index < -0.39 is 11.5 Å². The zero-order valence-electron chi connectivity index (χ0n) is 38.1. The minimum Gasteiger partial charge on any atom is -0.302 e. The Morgan fingerprint density at radius 1 is 0.361 bits per heavy atom. The number of fused-ring (bicyclic) bond motifs is 3. The second-order valence-corrected chi connectivity index (χ2v) is 16.4. The van der Waals surface area contributed by atoms with Crippen LogP contribution in [0.25, 0.3) is 54.9 Å². The maximum Gasteiger partial charge on any atom is 0.101 e. The van der Waals surface area contributed by atoms with Gasteiger partial charge in [-0.25, -0.2) is 0 Å². The Balaban J connectivity index is 0.953. The van der Waals surface area contributed by atoms with E-state index in [9.17, 15) is 0 Å². The number of nitrogens with zero attached hydrogens (tertiary/aromatic N) is 1. The van der Waals surface area contributed by atoms with Crippen LogP contribution in [0.5, 0.6) is 0 Å². The summed E-state index contributed by atoms with van der Waals surface area (Å²) in [6.07, 6.45) is 0. The predicted octanol–water partition coefficient (Wildman–Crippen LogP) is 16.2. The van der Waals surface area contributed by atoms with Crippen LogP contribution in [0.15, 0.2) is 249 Å². The maximum absolute atomic E-state index is 8.57. The lowest BCUT2D eigenvalue weighted by Gasteiger charge is -2.34. The van der Waals surface area contributed by atoms with Crippen LogP contribution < -0.4 is 4.90 Å². The Labute approximate surface area is 369 Å². The van der Waals surface area contributed by atoms with Gasteiger partial charge in [0.05, 0.1) is 12.3 Å². The van der Waals surface area contributed by atoms with Gasteiger partial charge in [0.2, 0.25) is 0 Å². The molecule has 0 amide bonds. The van der Waals surface area contributed by atoms with Crippen LogP contribution in [-0.4, -0.2) is 0 Å². The van der Waals surface area contributed by atoms with Gasteiger partial charge >= 0.3 is 0 Å². The van der Waals surface area contributed by atoms with Crippen LogP contribution >= 0.6 is 11.3 Å². The van der Waals surface area contributed by atoms with E-state index in [1.807, 2.05) is 42.5 Å². The average molecular weight is 801 g/mol. The predicted molar refractivity (Wildman–Crippen MR) is 258 cm³/mol. The first-order valence-corrected chi connectivity index (χ1v) is 21.3. The lowest BCUT2D eigenvalue weighted by molar-refractivity contribution is 0.769. The smallest absolute Gasteiger partial charge is 0.101 e. The lowest BCUT2D eigenvalue weighted by atomic mass is 9.67. The van der Waals surface area contributed by atoms with Crippen molar-refractivity contribution in [1.82, 2.24) is 0 Å². The Morgan fingerprint density at radius 2 is 0.836 bits per heavy atom. The normalized spacial score (nSPS) is 13.5. The number of anilines is 3. The topological polar surface area (TPSA) is 3.24 Å². The zero-order chi connectivity index (χ0) is 44.9. The highest BCUT2D eigenvalue weighted by Gasteiger charge is 2.46. The van der Waals surface area contributed by atoms with E-state index in [2.05, 4.69) is 181 Å². The van der Waals surface area contributed by atoms with E-state index >= 15 is 0 Å². The molecule has 0 spiro atoms. The van der Waals surface area contributed by atoms with Crippen LogP contribution in [0.1, 0.15) is 29.1 Å². The molecule has 10 aromatic rings. The van der Waals surface area contributed by atoms with E-state index in [4.69, 9.17) is 6.85 Å². The van der Waals surface area contributed by atoms with Crippen molar-refractivity contribution in [2.24, 2.45) is 0 Å². The molecule has 0 unspecified atom stereocenters. The van der Waals surface area contributed by atoms with Crippen molar-refractivity contribution >= 4 is 27.7 Å². The molecule has 9 aromatic carbocycles. The molecule has 1 heterocycles. The standard InChI is InChI=1S/C59H41NS/c1-5-15-42(16-6-1)44-29-34-51(35-30-44)60(52-36-31-45(32-37-52)43-17-7-2-8-18-43)58-40-39-57(61-58)47-27-25-46(26-28-47)48-33-38-54-53-23-13-14-24-55(53)59(56(54)41-48,49-19-9-3-10-20-49)50-21-11-4-12-22-50/h1-41H/i1D,5D,6D,15D,16D. The number of rotatable bonds is 9. The quantitative estimate of drug-likeness (QED) is 0.141. The molecule has 0 bridgehead atoms. The van der Waals surface area contributed by atoms with Gasteiger partial charge in [-0.05, 0) is 115 Å². The van der Waals surface area contributed by atoms with Crippen molar-refractivity contribution in [2.45, 2.75) is 5.41 Å². The molecule has 2 heteroatoms. The summed E-state index contributed by atoms with van der Waals surface area (Å²) in [6.45, 7) is 0. The minimum atomic E-state index is -0.467. The fourth-order valence-corrected chi connectivity index (χ4v) is 10.1. The number of hydrogen-bond donors (Lipinski definition) is 0. The van der Waals surface area contributed by atoms with Gasteiger partial charge in [0, 0.05) is 16.3 Å². The third-order valence-electron chi connectivity index (χ3n) is 11.9. The first-order valence-electron chi connectivity index (χ1n) is 23.0. The summed E-state index contributed by atoms with van der Waals surface area (Å²) in [6, 6.07) is 75.7. The summed E-state index contributed by atoms with van der Waals surface area (Å²) in [4.78, 5) is 3.33. The Morgan fingerprint density at radius 3 is 1.48 bits per heavy atom. The van der Waals surface area contributed by atoms with Crippen LogP contribution in [0.4, 0.5) is 16.4 Å². The van der Waals surface area contributed by atoms with Gasteiger partial charge < -0.3 is 4.90 Å². The first kappa shape index (κ1) is 31.4. The second kappa shape index (κ2) is 15.6. The number of benzene rings is 9. The molecule has 11 rings (SSSR count). The number of hydrogen-bond acceptors (Lipinski definition) is 2. The molecule has 1 aromatic heterocycles. The van der Waals surface area contributed by atoms with Crippen LogP contribution in [0.3, 0.4) is 0 Å². The van der Waals surface area contributed by atoms with Crippen LogP contribution in [0.2, 0.25) is 0 Å². The molecule has 0 saturated carbocycles. The summed E-state index contributed by atoms with van der Waals surface area (Å²) in [5.41, 5.74) is 15.4. The molecule has 1 nitrogen and oxygen atoms in total. The van der Waals surface area contributed by atoms with Gasteiger partial charge in [0.15, 0.2) is 0 Å². The van der Waals surface area contributed by atoms with Crippen molar-refractivity contribution in [3.8, 4) is 54.9 Å². The summed E-state index contributed by atoms with van der Waals surface area (Å²) >= 11 is 1.70. The molecule has 0 saturated heterocycles. The summed E-state index contributed by atoms with van der Waals surface area (Å²) < 4.78 is 41.7. The lowest BCUT2D eigenvalue weighted by Crippen LogP contribution is -2.28. The Kier molecular flexibility index (Phi) is 8.02. The van der Waals surface area contributed by atoms with Crippen molar-refractivity contribution in [3.63, 3.8) is 0 Å². The molecule has 0 radical (unpaired) electrons. The van der Waals surface area contributed by atoms with Crippen molar-refractivity contribution in [2.75, 3.05) is 4.90 Å². The molecule has 61 heavy (non-hydrogen) atoms. The first-order chi connectivity index (χ1) is 32.3. The van der Waals surface area contributed by atoms with Gasteiger partial charge in [-0.2, -0.15) is 0 Å². The van der Waals surface area contributed by atoms with Gasteiger partial charge in [-0.3, -0.25) is 0 Å². The highest BCUT2D eigenvalue weighted by molar-refractivity contribution is 7.19. The minimum absolute atomic E-state index is 0.185. The average Bonchev–Trinajstić information content (AvgIpc) is 3.98. The van der Waals surface area contributed by atoms with Gasteiger partial charge in [0.25, 0.3) is 0 Å². The van der Waals surface area contributed by atoms with E-state index in [0.717, 1.165) is 49.1 Å². The van der Waals surface area contributed by atoms with Crippen molar-refractivity contribution < 1.29 is 6.85 Å². The second-order valence-electron chi connectivity index (χ2n) is 15.3. The Hall–Kier alpha value is -7.52. The molecule has 0 N–H and O–H groups in total. The summed E-state index contributed by atoms with van der Waals surface area (Å²) in [5, 5.41) is 1.01. The van der Waals surface area contributed by atoms with Gasteiger partial charge in [-0.15, -0.1) is 11.3 Å². The monoisotopic (exact) mass is 800 g/mol. The van der Waals surface area contributed by atoms with Crippen molar-refractivity contribution in [1.29, 1.82) is 0 Å². The van der Waals surface area contributed by atoms with Crippen LogP contribution in [-0.2, 0) is 5.41 Å². The van der Waals surface area contributed by atoms with Gasteiger partial charge in [0.1, 0.15) is 5.00 Å². The number of thiophene rings is 1. The van der Waals surface area contributed by atoms with E-state index in [1.165, 1.54) is 33.4 Å². The molecule has 0 aliphatic heterocycles. The molecular weight excluding hydrogens is 755 g/mol. The van der Waals surface area contributed by atoms with Crippen molar-refractivity contribution in [3.05, 3.63) is 271 Å². The molecule has 1 aliphatic carbocycles. The van der Waals surface area contributed by atoms with Gasteiger partial charge in [-0.1, -0.05) is 206 Å². The van der Waals surface area contributed by atoms with E-state index in [1.54, 1.807) is 11.3 Å². The summed E-state index contributed by atoms with van der Waals surface area (Å²) in [7, 11) is 0. The molecule has 0 fully saturated rings. The molecule has 0 atom stereocenters. The van der Waals surface area contributed by atoms with Crippen LogP contribution in [0, 0.1) is 0 Å². The molecule has 1 aliphatic rings. The van der Waals surface area contributed by atoms with E-state index in [0.29, 0.717) is 5.56 Å². The largest absolute Gasteiger partial charge is 0.302 e. The summed E-state index contributed by atoms with van der Waals surface area (Å²) in [5.74, 6) is 0. The highest BCUT2D eigenvalue weighted by Crippen LogP contribution is 2.56. The zero-order valence-corrected chi connectivity index (χ0v) is 34.0.